The molecule has 0 spiro atoms. The number of nitrogens with zero attached hydrogens (tertiary/aromatic N) is 1. The minimum absolute atomic E-state index is 0.0123. The van der Waals surface area contributed by atoms with Crippen molar-refractivity contribution in [2.24, 2.45) is 11.1 Å². The van der Waals surface area contributed by atoms with E-state index < -0.39 is 6.04 Å². The normalized spacial score (nSPS) is 12.8. The highest BCUT2D eigenvalue weighted by atomic mass is 16.5. The van der Waals surface area contributed by atoms with Gasteiger partial charge in [-0.05, 0) is 41.7 Å². The molecule has 0 unspecified atom stereocenters. The number of carbonyl (C=O) groups is 1. The lowest BCUT2D eigenvalue weighted by Crippen LogP contribution is -2.38. The number of aromatic amines is 1. The zero-order chi connectivity index (χ0) is 19.6. The molecule has 142 valence electrons. The predicted molar refractivity (Wildman–Crippen MR) is 109 cm³/mol. The number of amides is 1. The average molecular weight is 366 g/mol. The molecule has 0 aliphatic rings. The number of anilines is 1. The summed E-state index contributed by atoms with van der Waals surface area (Å²) in [6, 6.07) is 8.99. The molecule has 0 radical (unpaired) electrons. The van der Waals surface area contributed by atoms with Crippen LogP contribution in [0.1, 0.15) is 27.2 Å². The lowest BCUT2D eigenvalue weighted by Gasteiger charge is -2.22. The Kier molecular flexibility index (Phi) is 5.19. The highest BCUT2D eigenvalue weighted by Gasteiger charge is 2.22. The Morgan fingerprint density at radius 2 is 2.04 bits per heavy atom. The van der Waals surface area contributed by atoms with Crippen molar-refractivity contribution >= 4 is 22.6 Å². The molecule has 1 atom stereocenters. The van der Waals surface area contributed by atoms with Crippen molar-refractivity contribution in [2.75, 3.05) is 12.4 Å². The maximum Gasteiger partial charge on any atom is 0.241 e. The minimum atomic E-state index is -0.560. The molecule has 0 fully saturated rings. The summed E-state index contributed by atoms with van der Waals surface area (Å²) in [5, 5.41) is 3.90. The lowest BCUT2D eigenvalue weighted by atomic mass is 9.88. The monoisotopic (exact) mass is 366 g/mol. The third-order valence-electron chi connectivity index (χ3n) is 4.39. The van der Waals surface area contributed by atoms with Crippen molar-refractivity contribution in [1.82, 2.24) is 9.97 Å². The fraction of sp³-hybridized carbons (Fsp3) is 0.333. The van der Waals surface area contributed by atoms with E-state index in [1.165, 1.54) is 0 Å². The number of methoxy groups -OCH3 is 1. The highest BCUT2D eigenvalue weighted by molar-refractivity contribution is 5.97. The van der Waals surface area contributed by atoms with Gasteiger partial charge in [-0.1, -0.05) is 20.8 Å². The average Bonchev–Trinajstić information content (AvgIpc) is 3.09. The summed E-state index contributed by atoms with van der Waals surface area (Å²) in [5.74, 6) is 0.475. The number of nitrogens with one attached hydrogen (secondary N) is 2. The van der Waals surface area contributed by atoms with Gasteiger partial charge in [-0.2, -0.15) is 0 Å². The lowest BCUT2D eigenvalue weighted by molar-refractivity contribution is -0.118. The van der Waals surface area contributed by atoms with Gasteiger partial charge in [0, 0.05) is 35.1 Å². The Bertz CT molecular complexity index is 956. The Morgan fingerprint density at radius 3 is 2.74 bits per heavy atom. The van der Waals surface area contributed by atoms with Crippen molar-refractivity contribution in [1.29, 1.82) is 0 Å². The molecule has 2 aromatic heterocycles. The number of hydrogen-bond acceptors (Lipinski definition) is 4. The fourth-order valence-corrected chi connectivity index (χ4v) is 3.17. The SMILES string of the molecule is COc1cc(NC(=O)[C@H](N)CC(C)(C)C)ccc1-c1ccnc2[nH]ccc12. The van der Waals surface area contributed by atoms with Gasteiger partial charge < -0.3 is 20.8 Å². The zero-order valence-electron chi connectivity index (χ0n) is 16.2. The number of ether oxygens (including phenoxy) is 1. The minimum Gasteiger partial charge on any atom is -0.496 e. The van der Waals surface area contributed by atoms with Crippen molar-refractivity contribution in [3.8, 4) is 16.9 Å². The van der Waals surface area contributed by atoms with Crippen LogP contribution < -0.4 is 15.8 Å². The molecule has 1 amide bonds. The maximum atomic E-state index is 12.4. The van der Waals surface area contributed by atoms with Crippen molar-refractivity contribution < 1.29 is 9.53 Å². The number of H-pyrrole nitrogens is 1. The number of nitrogens with two attached hydrogens (primary N) is 1. The van der Waals surface area contributed by atoms with Crippen LogP contribution in [0.4, 0.5) is 5.69 Å². The van der Waals surface area contributed by atoms with Gasteiger partial charge in [0.25, 0.3) is 0 Å². The van der Waals surface area contributed by atoms with E-state index in [1.54, 1.807) is 13.3 Å². The molecule has 4 N–H and O–H groups in total. The molecule has 0 aliphatic carbocycles. The first-order chi connectivity index (χ1) is 12.8. The number of fused-ring (bicyclic) bond motifs is 1. The van der Waals surface area contributed by atoms with Gasteiger partial charge in [-0.3, -0.25) is 4.79 Å². The van der Waals surface area contributed by atoms with Gasteiger partial charge in [-0.25, -0.2) is 4.98 Å². The topological polar surface area (TPSA) is 93.0 Å². The van der Waals surface area contributed by atoms with Crippen LogP contribution in [-0.4, -0.2) is 29.0 Å². The molecule has 6 nitrogen and oxygen atoms in total. The largest absolute Gasteiger partial charge is 0.496 e. The second kappa shape index (κ2) is 7.40. The van der Waals surface area contributed by atoms with Gasteiger partial charge in [0.1, 0.15) is 11.4 Å². The summed E-state index contributed by atoms with van der Waals surface area (Å²) in [4.78, 5) is 19.8. The summed E-state index contributed by atoms with van der Waals surface area (Å²) < 4.78 is 5.58. The third-order valence-corrected chi connectivity index (χ3v) is 4.39. The Morgan fingerprint density at radius 1 is 1.26 bits per heavy atom. The Labute approximate surface area is 159 Å². The van der Waals surface area contributed by atoms with E-state index in [-0.39, 0.29) is 11.3 Å². The molecule has 6 heteroatoms. The first-order valence-corrected chi connectivity index (χ1v) is 8.95. The van der Waals surface area contributed by atoms with Crippen LogP contribution in [0.2, 0.25) is 0 Å². The van der Waals surface area contributed by atoms with Crippen LogP contribution in [0.15, 0.2) is 42.7 Å². The van der Waals surface area contributed by atoms with Crippen LogP contribution >= 0.6 is 0 Å². The van der Waals surface area contributed by atoms with Crippen LogP contribution in [0.25, 0.3) is 22.2 Å². The first kappa shape index (κ1) is 18.9. The zero-order valence-corrected chi connectivity index (χ0v) is 16.2. The van der Waals surface area contributed by atoms with Crippen molar-refractivity contribution in [2.45, 2.75) is 33.2 Å². The Hall–Kier alpha value is -2.86. The van der Waals surface area contributed by atoms with Gasteiger partial charge in [0.2, 0.25) is 5.91 Å². The molecular weight excluding hydrogens is 340 g/mol. The number of pyridine rings is 1. The van der Waals surface area contributed by atoms with Crippen LogP contribution in [0.5, 0.6) is 5.75 Å². The van der Waals surface area contributed by atoms with E-state index in [1.807, 2.05) is 36.5 Å². The van der Waals surface area contributed by atoms with E-state index in [9.17, 15) is 4.79 Å². The highest BCUT2D eigenvalue weighted by Crippen LogP contribution is 2.36. The van der Waals surface area contributed by atoms with E-state index in [2.05, 4.69) is 36.1 Å². The number of benzene rings is 1. The number of carbonyl (C=O) groups excluding carboxylic acids is 1. The second-order valence-electron chi connectivity index (χ2n) is 7.87. The number of rotatable bonds is 5. The van der Waals surface area contributed by atoms with Crippen molar-refractivity contribution in [3.63, 3.8) is 0 Å². The molecule has 3 rings (SSSR count). The third kappa shape index (κ3) is 4.28. The van der Waals surface area contributed by atoms with Gasteiger partial charge in [0.05, 0.1) is 13.2 Å². The summed E-state index contributed by atoms with van der Waals surface area (Å²) in [6.07, 6.45) is 4.23. The van der Waals surface area contributed by atoms with E-state index in [0.717, 1.165) is 22.2 Å². The smallest absolute Gasteiger partial charge is 0.241 e. The number of aromatic nitrogens is 2. The van der Waals surface area contributed by atoms with Gasteiger partial charge >= 0.3 is 0 Å². The molecule has 0 aliphatic heterocycles. The quantitative estimate of drug-likeness (QED) is 0.637. The molecule has 0 saturated carbocycles. The van der Waals surface area contributed by atoms with Crippen LogP contribution in [-0.2, 0) is 4.79 Å². The molecular formula is C21H26N4O2. The summed E-state index contributed by atoms with van der Waals surface area (Å²) in [7, 11) is 1.62. The van der Waals surface area contributed by atoms with Gasteiger partial charge in [-0.15, -0.1) is 0 Å². The molecule has 2 heterocycles. The van der Waals surface area contributed by atoms with E-state index >= 15 is 0 Å². The second-order valence-corrected chi connectivity index (χ2v) is 7.87. The van der Waals surface area contributed by atoms with Crippen LogP contribution in [0.3, 0.4) is 0 Å². The number of hydrogen-bond donors (Lipinski definition) is 3. The van der Waals surface area contributed by atoms with E-state index in [4.69, 9.17) is 10.5 Å². The van der Waals surface area contributed by atoms with Crippen LogP contribution in [0, 0.1) is 5.41 Å². The summed E-state index contributed by atoms with van der Waals surface area (Å²) in [6.45, 7) is 6.19. The molecule has 3 aromatic rings. The van der Waals surface area contributed by atoms with Gasteiger partial charge in [0.15, 0.2) is 0 Å². The molecule has 27 heavy (non-hydrogen) atoms. The first-order valence-electron chi connectivity index (χ1n) is 8.95. The Balaban J connectivity index is 1.87. The van der Waals surface area contributed by atoms with E-state index in [0.29, 0.717) is 17.9 Å². The predicted octanol–water partition coefficient (Wildman–Crippen LogP) is 3.94. The standard InChI is InChI=1S/C21H26N4O2/c1-21(2,3)12-17(22)20(26)25-13-5-6-15(18(11-13)27-4)14-7-9-23-19-16(14)8-10-24-19/h5-11,17H,12,22H2,1-4H3,(H,23,24)(H,25,26)/t17-/m1/s1. The summed E-state index contributed by atoms with van der Waals surface area (Å²) in [5.41, 5.74) is 9.45. The maximum absolute atomic E-state index is 12.4. The fourth-order valence-electron chi connectivity index (χ4n) is 3.17. The molecule has 0 saturated heterocycles. The molecule has 0 bridgehead atoms. The summed E-state index contributed by atoms with van der Waals surface area (Å²) >= 11 is 0. The molecule has 1 aromatic carbocycles. The van der Waals surface area contributed by atoms with Crippen molar-refractivity contribution in [3.05, 3.63) is 42.7 Å².